The van der Waals surface area contributed by atoms with Crippen LogP contribution in [-0.2, 0) is 0 Å². The Bertz CT molecular complexity index is 5100. The summed E-state index contributed by atoms with van der Waals surface area (Å²) in [5.41, 5.74) is 18.8. The van der Waals surface area contributed by atoms with Gasteiger partial charge in [0.05, 0.1) is 0 Å². The first kappa shape index (κ1) is 55.0. The Labute approximate surface area is 514 Å². The van der Waals surface area contributed by atoms with Gasteiger partial charge in [0.25, 0.3) is 0 Å². The maximum absolute atomic E-state index is 8.94. The van der Waals surface area contributed by atoms with E-state index in [1.807, 2.05) is 42.5 Å². The van der Waals surface area contributed by atoms with Crippen molar-refractivity contribution < 1.29 is 10.0 Å². The molecule has 0 saturated carbocycles. The summed E-state index contributed by atoms with van der Waals surface area (Å²) in [6, 6.07) is 121. The quantitative estimate of drug-likeness (QED) is 0.118. The lowest BCUT2D eigenvalue weighted by molar-refractivity contribution is 0.426. The Morgan fingerprint density at radius 3 is 0.716 bits per heavy atom. The second-order valence-corrected chi connectivity index (χ2v) is 22.6. The summed E-state index contributed by atoms with van der Waals surface area (Å²) in [4.78, 5) is 0. The number of hydrogen-bond acceptors (Lipinski definition) is 2. The highest BCUT2D eigenvalue weighted by Gasteiger charge is 2.14. The van der Waals surface area contributed by atoms with E-state index in [2.05, 4.69) is 292 Å². The lowest BCUT2D eigenvalue weighted by Gasteiger charge is -2.13. The molecule has 0 amide bonds. The summed E-state index contributed by atoms with van der Waals surface area (Å²) in [7, 11) is -1.39. The van der Waals surface area contributed by atoms with Crippen LogP contribution >= 0.6 is 0 Å². The zero-order valence-corrected chi connectivity index (χ0v) is 48.8. The van der Waals surface area contributed by atoms with Crippen molar-refractivity contribution in [3.63, 3.8) is 0 Å². The highest BCUT2D eigenvalue weighted by Crippen LogP contribution is 2.40. The SMILES string of the molecule is Cc1cccc(-c2cccc(-c3ccc4c5ccccc5c5ccccc5c4c3)c2)c1.OB(O)c1ccc(-c2ccccc2)cc1.c1ccc(-c2ccc(-c3cccc(-c4cccc(-c5ccc6c7ccccc7c7ccccc7c6c5)c4)c3)cc2)cc1. The first-order valence-corrected chi connectivity index (χ1v) is 30.1. The van der Waals surface area contributed by atoms with Gasteiger partial charge >= 0.3 is 7.12 Å². The fourth-order valence-corrected chi connectivity index (χ4v) is 12.6. The Morgan fingerprint density at radius 1 is 0.170 bits per heavy atom. The predicted octanol–water partition coefficient (Wildman–Crippen LogP) is 21.6. The van der Waals surface area contributed by atoms with Gasteiger partial charge in [0.15, 0.2) is 0 Å². The minimum atomic E-state index is -1.39. The zero-order chi connectivity index (χ0) is 59.3. The van der Waals surface area contributed by atoms with Crippen molar-refractivity contribution in [2.45, 2.75) is 6.92 Å². The fourth-order valence-electron chi connectivity index (χ4n) is 12.6. The highest BCUT2D eigenvalue weighted by molar-refractivity contribution is 6.58. The molecule has 2 N–H and O–H groups in total. The van der Waals surface area contributed by atoms with Crippen LogP contribution in [-0.4, -0.2) is 17.2 Å². The highest BCUT2D eigenvalue weighted by atomic mass is 16.4. The van der Waals surface area contributed by atoms with Crippen molar-refractivity contribution >= 4 is 77.2 Å². The van der Waals surface area contributed by atoms with E-state index in [1.54, 1.807) is 12.1 Å². The van der Waals surface area contributed by atoms with Gasteiger partial charge in [-0.15, -0.1) is 0 Å². The van der Waals surface area contributed by atoms with Crippen LogP contribution in [0.4, 0.5) is 0 Å². The topological polar surface area (TPSA) is 40.5 Å². The Hall–Kier alpha value is -10.9. The molecule has 0 aliphatic carbocycles. The van der Waals surface area contributed by atoms with E-state index in [0.717, 1.165) is 11.1 Å². The maximum Gasteiger partial charge on any atom is 0.488 e. The van der Waals surface area contributed by atoms with Gasteiger partial charge in [-0.2, -0.15) is 0 Å². The molecule has 0 saturated heterocycles. The van der Waals surface area contributed by atoms with Crippen LogP contribution in [0.3, 0.4) is 0 Å². The largest absolute Gasteiger partial charge is 0.488 e. The van der Waals surface area contributed by atoms with Crippen molar-refractivity contribution in [3.8, 4) is 77.9 Å². The normalized spacial score (nSPS) is 11.1. The molecule has 0 fully saturated rings. The minimum absolute atomic E-state index is 0.509. The molecular formula is C85H61BO2. The van der Waals surface area contributed by atoms with Gasteiger partial charge in [-0.1, -0.05) is 315 Å². The van der Waals surface area contributed by atoms with Gasteiger partial charge in [-0.05, 0) is 185 Å². The molecule has 0 aliphatic heterocycles. The number of hydrogen-bond donors (Lipinski definition) is 2. The molecule has 0 spiro atoms. The third-order valence-corrected chi connectivity index (χ3v) is 17.1. The molecule has 3 heteroatoms. The molecule has 88 heavy (non-hydrogen) atoms. The van der Waals surface area contributed by atoms with Crippen LogP contribution in [0.5, 0.6) is 0 Å². The van der Waals surface area contributed by atoms with Crippen molar-refractivity contribution in [3.05, 3.63) is 345 Å². The average Bonchev–Trinajstić information content (AvgIpc) is 1.76. The van der Waals surface area contributed by atoms with Gasteiger partial charge < -0.3 is 10.0 Å². The average molecular weight is 1130 g/mol. The summed E-state index contributed by atoms with van der Waals surface area (Å²) in [5, 5.41) is 33.6. The van der Waals surface area contributed by atoms with Crippen molar-refractivity contribution in [2.75, 3.05) is 0 Å². The Balaban J connectivity index is 0.000000129. The van der Waals surface area contributed by atoms with Crippen LogP contribution in [0.15, 0.2) is 340 Å². The second-order valence-electron chi connectivity index (χ2n) is 22.6. The van der Waals surface area contributed by atoms with Gasteiger partial charge in [0, 0.05) is 0 Å². The summed E-state index contributed by atoms with van der Waals surface area (Å²) >= 11 is 0. The third kappa shape index (κ3) is 11.3. The van der Waals surface area contributed by atoms with Crippen LogP contribution < -0.4 is 5.46 Å². The molecule has 0 heterocycles. The molecule has 0 aliphatic rings. The molecule has 0 aromatic heterocycles. The van der Waals surface area contributed by atoms with Gasteiger partial charge in [0.1, 0.15) is 0 Å². The molecule has 0 unspecified atom stereocenters. The molecule has 0 radical (unpaired) electrons. The lowest BCUT2D eigenvalue weighted by atomic mass is 9.80. The third-order valence-electron chi connectivity index (χ3n) is 17.1. The van der Waals surface area contributed by atoms with Crippen molar-refractivity contribution in [1.29, 1.82) is 0 Å². The van der Waals surface area contributed by atoms with Crippen molar-refractivity contribution in [2.24, 2.45) is 0 Å². The van der Waals surface area contributed by atoms with E-state index in [9.17, 15) is 0 Å². The van der Waals surface area contributed by atoms with E-state index in [1.165, 1.54) is 137 Å². The molecule has 2 nitrogen and oxygen atoms in total. The first-order valence-electron chi connectivity index (χ1n) is 30.1. The molecule has 0 atom stereocenters. The maximum atomic E-state index is 8.94. The second kappa shape index (κ2) is 24.6. The number of benzene rings is 16. The molecular weight excluding hydrogens is 1060 g/mol. The van der Waals surface area contributed by atoms with Crippen LogP contribution in [0.2, 0.25) is 0 Å². The molecule has 16 aromatic carbocycles. The van der Waals surface area contributed by atoms with Gasteiger partial charge in [-0.25, -0.2) is 0 Å². The van der Waals surface area contributed by atoms with E-state index >= 15 is 0 Å². The number of fused-ring (bicyclic) bond motifs is 12. The van der Waals surface area contributed by atoms with E-state index in [-0.39, 0.29) is 0 Å². The fraction of sp³-hybridized carbons (Fsp3) is 0.0118. The standard InChI is InChI=1S/C42H28.C31H22.C12H11BO2/c1-2-10-29(11-3-1)30-20-22-31(23-21-30)32-12-8-13-33(26-32)34-14-9-15-35(27-34)36-24-25-41-39-18-5-4-16-37(39)38-17-6-7-19-40(38)42(41)28-36;1-21-8-6-9-22(18-21)23-10-7-11-24(19-23)25-16-17-30-28-14-3-2-12-26(28)27-13-4-5-15-29(27)31(30)20-25;14-13(15)12-8-6-11(7-9-12)10-4-2-1-3-5-10/h1-28H;2-20H,1H3;1-9,14-15H. The first-order chi connectivity index (χ1) is 43.4. The molecule has 16 rings (SSSR count). The summed E-state index contributed by atoms with van der Waals surface area (Å²) in [6.07, 6.45) is 0. The molecule has 16 aromatic rings. The number of aryl methyl sites for hydroxylation is 1. The van der Waals surface area contributed by atoms with E-state index in [0.29, 0.717) is 5.46 Å². The predicted molar refractivity (Wildman–Crippen MR) is 377 cm³/mol. The lowest BCUT2D eigenvalue weighted by Crippen LogP contribution is -2.29. The minimum Gasteiger partial charge on any atom is -0.423 e. The van der Waals surface area contributed by atoms with E-state index in [4.69, 9.17) is 10.0 Å². The summed E-state index contributed by atoms with van der Waals surface area (Å²) in [6.45, 7) is 2.14. The van der Waals surface area contributed by atoms with Crippen LogP contribution in [0.25, 0.3) is 143 Å². The smallest absolute Gasteiger partial charge is 0.423 e. The Kier molecular flexibility index (Phi) is 15.4. The number of rotatable bonds is 8. The van der Waals surface area contributed by atoms with Gasteiger partial charge in [0.2, 0.25) is 0 Å². The summed E-state index contributed by atoms with van der Waals surface area (Å²) < 4.78 is 0. The molecule has 0 bridgehead atoms. The zero-order valence-electron chi connectivity index (χ0n) is 48.8. The van der Waals surface area contributed by atoms with Crippen LogP contribution in [0, 0.1) is 6.92 Å². The molecule has 416 valence electrons. The Morgan fingerprint density at radius 2 is 0.386 bits per heavy atom. The van der Waals surface area contributed by atoms with E-state index < -0.39 is 7.12 Å². The van der Waals surface area contributed by atoms with Gasteiger partial charge in [-0.3, -0.25) is 0 Å². The van der Waals surface area contributed by atoms with Crippen LogP contribution in [0.1, 0.15) is 5.56 Å². The monoisotopic (exact) mass is 1120 g/mol. The summed E-state index contributed by atoms with van der Waals surface area (Å²) in [5.74, 6) is 0. The van der Waals surface area contributed by atoms with Crippen molar-refractivity contribution in [1.82, 2.24) is 0 Å².